The highest BCUT2D eigenvalue weighted by Crippen LogP contribution is 2.37. The number of aliphatic hydroxyl groups excluding tert-OH is 1. The Morgan fingerprint density at radius 1 is 0.970 bits per heavy atom. The largest absolute Gasteiger partial charge is 0.401 e. The summed E-state index contributed by atoms with van der Waals surface area (Å²) in [4.78, 5) is 9.41. The van der Waals surface area contributed by atoms with Gasteiger partial charge in [0.05, 0.1) is 12.3 Å². The van der Waals surface area contributed by atoms with Gasteiger partial charge in [-0.05, 0) is 52.2 Å². The molecule has 0 bridgehead atoms. The molecule has 0 radical (unpaired) electrons. The van der Waals surface area contributed by atoms with E-state index in [-0.39, 0.29) is 11.6 Å². The van der Waals surface area contributed by atoms with Crippen LogP contribution in [0, 0.1) is 5.92 Å². The van der Waals surface area contributed by atoms with Gasteiger partial charge in [-0.3, -0.25) is 0 Å². The van der Waals surface area contributed by atoms with Crippen LogP contribution < -0.4 is 10.4 Å². The molecule has 1 atom stereocenters. The number of aromatic nitrogens is 2. The molecule has 1 aliphatic rings. The SMILES string of the molecule is CC(C)(C)[Si](OCc1ccnc(C2=CCC(CO)CC2)n1)(c1ccccc1)c1ccccc1. The number of nitrogens with zero attached hydrogens (tertiary/aromatic N) is 2. The predicted molar refractivity (Wildman–Crippen MR) is 137 cm³/mol. The summed E-state index contributed by atoms with van der Waals surface area (Å²) in [7, 11) is -2.61. The fourth-order valence-electron chi connectivity index (χ4n) is 4.83. The molecule has 1 aliphatic carbocycles. The molecule has 172 valence electrons. The lowest BCUT2D eigenvalue weighted by Gasteiger charge is -2.43. The van der Waals surface area contributed by atoms with Crippen LogP contribution in [0.5, 0.6) is 0 Å². The molecule has 2 aromatic carbocycles. The van der Waals surface area contributed by atoms with Gasteiger partial charge in [-0.2, -0.15) is 0 Å². The van der Waals surface area contributed by atoms with E-state index in [2.05, 4.69) is 92.5 Å². The summed E-state index contributed by atoms with van der Waals surface area (Å²) in [6.45, 7) is 7.55. The van der Waals surface area contributed by atoms with E-state index in [9.17, 15) is 5.11 Å². The first kappa shape index (κ1) is 23.6. The van der Waals surface area contributed by atoms with Gasteiger partial charge in [0.1, 0.15) is 0 Å². The van der Waals surface area contributed by atoms with Crippen LogP contribution in [0.15, 0.2) is 79.0 Å². The molecule has 3 aromatic rings. The monoisotopic (exact) mass is 458 g/mol. The molecule has 33 heavy (non-hydrogen) atoms. The summed E-state index contributed by atoms with van der Waals surface area (Å²) in [6, 6.07) is 23.3. The quantitative estimate of drug-likeness (QED) is 0.520. The third kappa shape index (κ3) is 5.01. The number of rotatable bonds is 7. The van der Waals surface area contributed by atoms with Crippen LogP contribution in [-0.2, 0) is 11.0 Å². The smallest absolute Gasteiger partial charge is 0.261 e. The Labute approximate surface area is 198 Å². The Bertz CT molecular complexity index is 1040. The summed E-state index contributed by atoms with van der Waals surface area (Å²) < 4.78 is 7.03. The summed E-state index contributed by atoms with van der Waals surface area (Å²) in [5.74, 6) is 1.14. The van der Waals surface area contributed by atoms with Crippen molar-refractivity contribution in [3.05, 3.63) is 90.5 Å². The Balaban J connectivity index is 1.67. The molecule has 4 rings (SSSR count). The van der Waals surface area contributed by atoms with Crippen molar-refractivity contribution in [2.45, 2.75) is 51.7 Å². The molecule has 0 aliphatic heterocycles. The molecule has 0 saturated carbocycles. The maximum atomic E-state index is 9.42. The second-order valence-electron chi connectivity index (χ2n) is 9.88. The molecule has 5 heteroatoms. The van der Waals surface area contributed by atoms with Crippen molar-refractivity contribution < 1.29 is 9.53 Å². The van der Waals surface area contributed by atoms with E-state index in [1.807, 2.05) is 12.3 Å². The van der Waals surface area contributed by atoms with Crippen LogP contribution in [0.25, 0.3) is 5.57 Å². The van der Waals surface area contributed by atoms with Gasteiger partial charge >= 0.3 is 0 Å². The molecule has 1 aromatic heterocycles. The third-order valence-corrected chi connectivity index (χ3v) is 11.6. The Kier molecular flexibility index (Phi) is 7.22. The van der Waals surface area contributed by atoms with Gasteiger partial charge in [-0.15, -0.1) is 0 Å². The van der Waals surface area contributed by atoms with Crippen LogP contribution in [0.4, 0.5) is 0 Å². The van der Waals surface area contributed by atoms with Gasteiger partial charge in [-0.25, -0.2) is 9.97 Å². The molecular weight excluding hydrogens is 424 g/mol. The summed E-state index contributed by atoms with van der Waals surface area (Å²) in [6.07, 6.45) is 6.80. The lowest BCUT2D eigenvalue weighted by Crippen LogP contribution is -2.66. The zero-order chi connectivity index (χ0) is 23.3. The van der Waals surface area contributed by atoms with Crippen LogP contribution in [0.1, 0.15) is 51.6 Å². The highest BCUT2D eigenvalue weighted by Gasteiger charge is 2.50. The van der Waals surface area contributed by atoms with Gasteiger partial charge in [0.15, 0.2) is 5.82 Å². The van der Waals surface area contributed by atoms with E-state index in [0.29, 0.717) is 12.5 Å². The van der Waals surface area contributed by atoms with Gasteiger partial charge in [-0.1, -0.05) is 87.5 Å². The second-order valence-corrected chi connectivity index (χ2v) is 14.2. The molecule has 1 heterocycles. The Morgan fingerprint density at radius 2 is 1.61 bits per heavy atom. The zero-order valence-corrected chi connectivity index (χ0v) is 20.9. The van der Waals surface area contributed by atoms with Crippen molar-refractivity contribution >= 4 is 24.3 Å². The van der Waals surface area contributed by atoms with Crippen molar-refractivity contribution in [2.24, 2.45) is 5.92 Å². The van der Waals surface area contributed by atoms with E-state index in [4.69, 9.17) is 9.41 Å². The van der Waals surface area contributed by atoms with Crippen LogP contribution >= 0.6 is 0 Å². The predicted octanol–water partition coefficient (Wildman–Crippen LogP) is 4.73. The molecule has 1 N–H and O–H groups in total. The van der Waals surface area contributed by atoms with Crippen molar-refractivity contribution in [1.29, 1.82) is 0 Å². The second kappa shape index (κ2) is 10.1. The van der Waals surface area contributed by atoms with Gasteiger partial charge in [0.25, 0.3) is 8.32 Å². The first-order chi connectivity index (χ1) is 15.9. The van der Waals surface area contributed by atoms with Crippen LogP contribution in [0.2, 0.25) is 5.04 Å². The van der Waals surface area contributed by atoms with Gasteiger partial charge in [0, 0.05) is 12.8 Å². The number of hydrogen-bond acceptors (Lipinski definition) is 4. The first-order valence-electron chi connectivity index (χ1n) is 11.8. The lowest BCUT2D eigenvalue weighted by molar-refractivity contribution is 0.218. The van der Waals surface area contributed by atoms with Crippen molar-refractivity contribution in [3.8, 4) is 0 Å². The van der Waals surface area contributed by atoms with Gasteiger partial charge in [0.2, 0.25) is 0 Å². The molecule has 4 nitrogen and oxygen atoms in total. The normalized spacial score (nSPS) is 17.0. The number of benzene rings is 2. The van der Waals surface area contributed by atoms with Crippen LogP contribution in [-0.4, -0.2) is 30.0 Å². The first-order valence-corrected chi connectivity index (χ1v) is 13.7. The minimum absolute atomic E-state index is 0.0726. The number of aliphatic hydroxyl groups is 1. The topological polar surface area (TPSA) is 55.2 Å². The maximum Gasteiger partial charge on any atom is 0.261 e. The highest BCUT2D eigenvalue weighted by molar-refractivity contribution is 6.99. The van der Waals surface area contributed by atoms with Crippen molar-refractivity contribution in [1.82, 2.24) is 9.97 Å². The van der Waals surface area contributed by atoms with E-state index in [0.717, 1.165) is 30.8 Å². The average molecular weight is 459 g/mol. The minimum atomic E-state index is -2.61. The molecule has 0 saturated heterocycles. The Hall–Kier alpha value is -2.60. The minimum Gasteiger partial charge on any atom is -0.401 e. The summed E-state index contributed by atoms with van der Waals surface area (Å²) in [5, 5.41) is 11.9. The zero-order valence-electron chi connectivity index (χ0n) is 19.9. The lowest BCUT2D eigenvalue weighted by atomic mass is 9.90. The van der Waals surface area contributed by atoms with E-state index < -0.39 is 8.32 Å². The maximum absolute atomic E-state index is 9.42. The number of allylic oxidation sites excluding steroid dienone is 2. The summed E-state index contributed by atoms with van der Waals surface area (Å²) >= 11 is 0. The average Bonchev–Trinajstić information content (AvgIpc) is 2.85. The van der Waals surface area contributed by atoms with E-state index in [1.54, 1.807) is 0 Å². The van der Waals surface area contributed by atoms with Crippen molar-refractivity contribution in [3.63, 3.8) is 0 Å². The Morgan fingerprint density at radius 3 is 2.12 bits per heavy atom. The van der Waals surface area contributed by atoms with Crippen LogP contribution in [0.3, 0.4) is 0 Å². The van der Waals surface area contributed by atoms with E-state index in [1.165, 1.54) is 15.9 Å². The van der Waals surface area contributed by atoms with E-state index >= 15 is 0 Å². The molecule has 0 spiro atoms. The summed E-state index contributed by atoms with van der Waals surface area (Å²) in [5.41, 5.74) is 2.07. The standard InChI is InChI=1S/C28H34N2O2Si/c1-28(2,3)33(25-10-6-4-7-11-25,26-12-8-5-9-13-26)32-21-24-18-19-29-27(30-24)23-16-14-22(20-31)15-17-23/h4-13,16,18-19,22,31H,14-15,17,20-21H2,1-3H3. The molecular formula is C28H34N2O2Si. The number of hydrogen-bond donors (Lipinski definition) is 1. The van der Waals surface area contributed by atoms with Crippen molar-refractivity contribution in [2.75, 3.05) is 6.61 Å². The molecule has 0 fully saturated rings. The van der Waals surface area contributed by atoms with Gasteiger partial charge < -0.3 is 9.53 Å². The highest BCUT2D eigenvalue weighted by atomic mass is 28.4. The molecule has 1 unspecified atom stereocenters. The molecule has 0 amide bonds. The fourth-order valence-corrected chi connectivity index (χ4v) is 9.35. The third-order valence-electron chi connectivity index (χ3n) is 6.63. The fraction of sp³-hybridized carbons (Fsp3) is 0.357.